The molecule has 1 heterocycles. The lowest BCUT2D eigenvalue weighted by Crippen LogP contribution is -2.28. The summed E-state index contributed by atoms with van der Waals surface area (Å²) in [6, 6.07) is 109. The van der Waals surface area contributed by atoms with Gasteiger partial charge in [-0.15, -0.1) is 0 Å². The quantitative estimate of drug-likeness (QED) is 0.150. The molecule has 2 nitrogen and oxygen atoms in total. The van der Waals surface area contributed by atoms with Gasteiger partial charge in [0.2, 0.25) is 0 Å². The molecule has 1 spiro atoms. The summed E-state index contributed by atoms with van der Waals surface area (Å²) in [6.07, 6.45) is 7.91. The van der Waals surface area contributed by atoms with Crippen LogP contribution in [0, 0.1) is 0 Å². The van der Waals surface area contributed by atoms with Gasteiger partial charge in [-0.3, -0.25) is 0 Å². The first-order chi connectivity index (χ1) is 40.7. The van der Waals surface area contributed by atoms with Crippen molar-refractivity contribution in [2.75, 3.05) is 9.80 Å². The number of rotatable bonds is 8. The van der Waals surface area contributed by atoms with Gasteiger partial charge in [-0.1, -0.05) is 261 Å². The van der Waals surface area contributed by atoms with Crippen LogP contribution < -0.4 is 9.80 Å². The SMILES string of the molecule is C1=CCC2C(=C1)N(c1cccc3c1-c1ccccc1C3(c1ccccc1)c1ccccc1)c1cc(-c3ccccc3N(c3ccc(-c4ccccc4)cc3)c3ccc4c(c3)C3(c5ccccc5-c5ccccc53)c3ccccc3-4)ccc12. The number of allylic oxidation sites excluding steroid dienone is 4. The fraction of sp³-hybridized carbons (Fsp3) is 0.0500. The van der Waals surface area contributed by atoms with Crippen molar-refractivity contribution in [1.29, 1.82) is 0 Å². The van der Waals surface area contributed by atoms with E-state index in [1.165, 1.54) is 112 Å². The Morgan fingerprint density at radius 2 is 0.841 bits per heavy atom. The Morgan fingerprint density at radius 1 is 0.341 bits per heavy atom. The van der Waals surface area contributed by atoms with Crippen molar-refractivity contribution in [1.82, 2.24) is 0 Å². The van der Waals surface area contributed by atoms with Crippen LogP contribution in [0.5, 0.6) is 0 Å². The zero-order chi connectivity index (χ0) is 53.9. The first-order valence-electron chi connectivity index (χ1n) is 28.9. The van der Waals surface area contributed by atoms with Crippen LogP contribution in [0.1, 0.15) is 62.4 Å². The van der Waals surface area contributed by atoms with Crippen molar-refractivity contribution >= 4 is 28.4 Å². The van der Waals surface area contributed by atoms with E-state index >= 15 is 0 Å². The summed E-state index contributed by atoms with van der Waals surface area (Å²) < 4.78 is 0. The zero-order valence-electron chi connectivity index (χ0n) is 45.1. The molecule has 0 N–H and O–H groups in total. The van der Waals surface area contributed by atoms with E-state index in [4.69, 9.17) is 0 Å². The Labute approximate surface area is 479 Å². The molecule has 4 aliphatic carbocycles. The third kappa shape index (κ3) is 6.46. The van der Waals surface area contributed by atoms with Crippen LogP contribution in [0.4, 0.5) is 28.4 Å². The number of fused-ring (bicyclic) bond motifs is 16. The van der Waals surface area contributed by atoms with Gasteiger partial charge in [0.25, 0.3) is 0 Å². The average Bonchev–Trinajstić information content (AvgIpc) is 1.67. The average molecular weight is 1040 g/mol. The predicted molar refractivity (Wildman–Crippen MR) is 339 cm³/mol. The Bertz CT molecular complexity index is 4500. The van der Waals surface area contributed by atoms with Gasteiger partial charge < -0.3 is 9.80 Å². The highest BCUT2D eigenvalue weighted by molar-refractivity contribution is 6.00. The molecule has 17 rings (SSSR count). The maximum atomic E-state index is 2.62. The molecule has 5 aliphatic rings. The topological polar surface area (TPSA) is 6.48 Å². The van der Waals surface area contributed by atoms with Gasteiger partial charge in [0.05, 0.1) is 27.9 Å². The first kappa shape index (κ1) is 46.6. The Morgan fingerprint density at radius 3 is 1.49 bits per heavy atom. The molecule has 1 atom stereocenters. The smallest absolute Gasteiger partial charge is 0.0726 e. The molecule has 12 aromatic carbocycles. The zero-order valence-corrected chi connectivity index (χ0v) is 45.1. The second-order valence-corrected chi connectivity index (χ2v) is 22.5. The van der Waals surface area contributed by atoms with Crippen LogP contribution >= 0.6 is 0 Å². The van der Waals surface area contributed by atoms with Crippen molar-refractivity contribution in [2.45, 2.75) is 23.2 Å². The molecule has 2 heteroatoms. The fourth-order valence-corrected chi connectivity index (χ4v) is 15.4. The van der Waals surface area contributed by atoms with Crippen molar-refractivity contribution in [3.05, 3.63) is 365 Å². The summed E-state index contributed by atoms with van der Waals surface area (Å²) >= 11 is 0. The number of para-hydroxylation sites is 1. The van der Waals surface area contributed by atoms with Crippen LogP contribution in [0.25, 0.3) is 55.6 Å². The van der Waals surface area contributed by atoms with Crippen molar-refractivity contribution < 1.29 is 0 Å². The van der Waals surface area contributed by atoms with Gasteiger partial charge >= 0.3 is 0 Å². The second kappa shape index (κ2) is 18.1. The number of anilines is 5. The first-order valence-corrected chi connectivity index (χ1v) is 28.9. The largest absolute Gasteiger partial charge is 0.313 e. The van der Waals surface area contributed by atoms with Crippen molar-refractivity contribution in [3.8, 4) is 55.6 Å². The molecular formula is C80H54N2. The van der Waals surface area contributed by atoms with Crippen LogP contribution in [-0.4, -0.2) is 0 Å². The van der Waals surface area contributed by atoms with Crippen LogP contribution in [0.2, 0.25) is 0 Å². The lowest BCUT2D eigenvalue weighted by molar-refractivity contribution is 0.768. The van der Waals surface area contributed by atoms with E-state index in [1.54, 1.807) is 0 Å². The highest BCUT2D eigenvalue weighted by atomic mass is 15.2. The van der Waals surface area contributed by atoms with Gasteiger partial charge in [0, 0.05) is 34.1 Å². The van der Waals surface area contributed by atoms with Gasteiger partial charge in [-0.25, -0.2) is 0 Å². The maximum absolute atomic E-state index is 2.62. The molecule has 0 saturated heterocycles. The van der Waals surface area contributed by atoms with E-state index < -0.39 is 10.8 Å². The van der Waals surface area contributed by atoms with E-state index in [0.29, 0.717) is 0 Å². The third-order valence-corrected chi connectivity index (χ3v) is 18.7. The minimum absolute atomic E-state index is 0.220. The minimum atomic E-state index is -0.513. The molecule has 384 valence electrons. The molecule has 0 amide bonds. The third-order valence-electron chi connectivity index (χ3n) is 18.7. The molecule has 12 aromatic rings. The summed E-state index contributed by atoms with van der Waals surface area (Å²) in [7, 11) is 0. The molecule has 82 heavy (non-hydrogen) atoms. The normalized spacial score (nSPS) is 15.6. The Balaban J connectivity index is 0.866. The van der Waals surface area contributed by atoms with E-state index in [9.17, 15) is 0 Å². The Hall–Kier alpha value is -10.3. The molecule has 0 radical (unpaired) electrons. The van der Waals surface area contributed by atoms with Crippen LogP contribution in [0.15, 0.2) is 315 Å². The van der Waals surface area contributed by atoms with E-state index in [1.807, 2.05) is 0 Å². The van der Waals surface area contributed by atoms with Gasteiger partial charge in [0.15, 0.2) is 0 Å². The van der Waals surface area contributed by atoms with Gasteiger partial charge in [0.1, 0.15) is 0 Å². The predicted octanol–water partition coefficient (Wildman–Crippen LogP) is 20.3. The highest BCUT2D eigenvalue weighted by Gasteiger charge is 2.52. The number of benzene rings is 12. The lowest BCUT2D eigenvalue weighted by Gasteiger charge is -2.34. The van der Waals surface area contributed by atoms with Gasteiger partial charge in [-0.2, -0.15) is 0 Å². The standard InChI is InChI=1S/C80H54N2/c1-4-23-53(24-5-1)54-43-46-58(47-44-54)81(59-48-50-64-63-32-12-18-37-70(63)80(73(64)52-59)68-35-16-10-30-61(68)62-31-11-17-36-69(62)80)74-40-20-14-29-60(74)55-45-49-66-65-33-15-21-41-75(65)82(77(66)51-55)76-42-22-39-72-78(76)67-34-13-19-38-71(67)79(72,56-25-6-2-7-26-56)57-27-8-3-9-28-57/h1-32,34-52,65H,33H2. The Kier molecular flexibility index (Phi) is 10.3. The van der Waals surface area contributed by atoms with Crippen LogP contribution in [0.3, 0.4) is 0 Å². The monoisotopic (exact) mass is 1040 g/mol. The van der Waals surface area contributed by atoms with Crippen molar-refractivity contribution in [3.63, 3.8) is 0 Å². The highest BCUT2D eigenvalue weighted by Crippen LogP contribution is 2.65. The number of nitrogens with zero attached hydrogens (tertiary/aromatic N) is 2. The minimum Gasteiger partial charge on any atom is -0.313 e. The van der Waals surface area contributed by atoms with E-state index in [0.717, 1.165) is 34.6 Å². The maximum Gasteiger partial charge on any atom is 0.0726 e. The summed E-state index contributed by atoms with van der Waals surface area (Å²) in [6.45, 7) is 0. The summed E-state index contributed by atoms with van der Waals surface area (Å²) in [5, 5.41) is 0. The lowest BCUT2D eigenvalue weighted by atomic mass is 9.68. The van der Waals surface area contributed by atoms with E-state index in [2.05, 4.69) is 319 Å². The van der Waals surface area contributed by atoms with Crippen LogP contribution in [-0.2, 0) is 10.8 Å². The van der Waals surface area contributed by atoms with Crippen molar-refractivity contribution in [2.24, 2.45) is 0 Å². The number of hydrogen-bond donors (Lipinski definition) is 0. The molecule has 0 fully saturated rings. The molecule has 1 unspecified atom stereocenters. The number of hydrogen-bond acceptors (Lipinski definition) is 2. The molecule has 0 saturated carbocycles. The fourth-order valence-electron chi connectivity index (χ4n) is 15.4. The molecule has 0 aromatic heterocycles. The molecule has 1 aliphatic heterocycles. The van der Waals surface area contributed by atoms with Gasteiger partial charge in [-0.05, 0) is 150 Å². The summed E-state index contributed by atoms with van der Waals surface area (Å²) in [4.78, 5) is 5.13. The molecular weight excluding hydrogens is 989 g/mol. The summed E-state index contributed by atoms with van der Waals surface area (Å²) in [5.41, 5.74) is 30.3. The van der Waals surface area contributed by atoms with E-state index in [-0.39, 0.29) is 5.92 Å². The second-order valence-electron chi connectivity index (χ2n) is 22.5. The summed E-state index contributed by atoms with van der Waals surface area (Å²) in [5.74, 6) is 0.220. The molecule has 0 bridgehead atoms.